The molecular weight excluding hydrogens is 330 g/mol. The van der Waals surface area contributed by atoms with Gasteiger partial charge in [-0.15, -0.1) is 0 Å². The van der Waals surface area contributed by atoms with Crippen molar-refractivity contribution in [3.63, 3.8) is 0 Å². The van der Waals surface area contributed by atoms with E-state index < -0.39 is 10.0 Å². The zero-order chi connectivity index (χ0) is 17.2. The zero-order valence-corrected chi connectivity index (χ0v) is 14.3. The van der Waals surface area contributed by atoms with Crippen LogP contribution in [-0.4, -0.2) is 63.7 Å². The Morgan fingerprint density at radius 1 is 1.21 bits per heavy atom. The molecule has 1 aromatic carbocycles. The van der Waals surface area contributed by atoms with Gasteiger partial charge >= 0.3 is 0 Å². The minimum Gasteiger partial charge on any atom is -0.396 e. The number of nitrogens with zero attached hydrogens (tertiary/aromatic N) is 1. The zero-order valence-electron chi connectivity index (χ0n) is 13.4. The minimum atomic E-state index is -3.60. The first kappa shape index (κ1) is 17.3. The third-order valence-electron chi connectivity index (χ3n) is 4.72. The minimum absolute atomic E-state index is 0.0402. The van der Waals surface area contributed by atoms with E-state index in [2.05, 4.69) is 10.0 Å². The monoisotopic (exact) mass is 353 g/mol. The van der Waals surface area contributed by atoms with Crippen LogP contribution in [-0.2, 0) is 10.0 Å². The highest BCUT2D eigenvalue weighted by molar-refractivity contribution is 7.89. The van der Waals surface area contributed by atoms with Crippen molar-refractivity contribution in [2.24, 2.45) is 11.8 Å². The summed E-state index contributed by atoms with van der Waals surface area (Å²) in [4.78, 5) is 14.5. The van der Waals surface area contributed by atoms with Crippen molar-refractivity contribution >= 4 is 15.9 Å². The summed E-state index contributed by atoms with van der Waals surface area (Å²) in [6.45, 7) is 3.57. The third-order valence-corrected chi connectivity index (χ3v) is 6.19. The van der Waals surface area contributed by atoms with Gasteiger partial charge in [-0.25, -0.2) is 13.1 Å². The van der Waals surface area contributed by atoms with E-state index in [1.807, 2.05) is 4.90 Å². The second-order valence-corrected chi connectivity index (χ2v) is 8.15. The number of hydrogen-bond acceptors (Lipinski definition) is 5. The number of benzene rings is 1. The molecule has 3 rings (SSSR count). The van der Waals surface area contributed by atoms with Crippen LogP contribution in [0.4, 0.5) is 0 Å². The van der Waals surface area contributed by atoms with E-state index in [1.54, 1.807) is 12.1 Å². The smallest absolute Gasteiger partial charge is 0.253 e. The molecule has 132 valence electrons. The molecule has 7 nitrogen and oxygen atoms in total. The first-order chi connectivity index (χ1) is 11.5. The van der Waals surface area contributed by atoms with Crippen LogP contribution >= 0.6 is 0 Å². The first-order valence-electron chi connectivity index (χ1n) is 8.22. The SMILES string of the molecule is O=C(c1ccc(S(=O)(=O)NCCCO)cc1)N1C[C@H]2CNC[C@H]2C1. The first-order valence-corrected chi connectivity index (χ1v) is 9.70. The number of carbonyl (C=O) groups is 1. The molecule has 3 N–H and O–H groups in total. The summed E-state index contributed by atoms with van der Waals surface area (Å²) in [5, 5.41) is 12.1. The van der Waals surface area contributed by atoms with Crippen molar-refractivity contribution in [3.8, 4) is 0 Å². The molecule has 0 aliphatic carbocycles. The number of aliphatic hydroxyl groups is 1. The highest BCUT2D eigenvalue weighted by Crippen LogP contribution is 2.27. The predicted octanol–water partition coefficient (Wildman–Crippen LogP) is -0.361. The quantitative estimate of drug-likeness (QED) is 0.607. The number of nitrogens with one attached hydrogen (secondary N) is 2. The Hall–Kier alpha value is -1.48. The Bertz CT molecular complexity index is 678. The number of hydrogen-bond donors (Lipinski definition) is 3. The summed E-state index contributed by atoms with van der Waals surface area (Å²) < 4.78 is 26.6. The van der Waals surface area contributed by atoms with Crippen LogP contribution in [0, 0.1) is 11.8 Å². The molecule has 24 heavy (non-hydrogen) atoms. The molecule has 0 radical (unpaired) electrons. The molecule has 8 heteroatoms. The van der Waals surface area contributed by atoms with E-state index in [1.165, 1.54) is 12.1 Å². The largest absolute Gasteiger partial charge is 0.396 e. The maximum atomic E-state index is 12.6. The van der Waals surface area contributed by atoms with E-state index in [-0.39, 0.29) is 24.0 Å². The fourth-order valence-electron chi connectivity index (χ4n) is 3.35. The summed E-state index contributed by atoms with van der Waals surface area (Å²) >= 11 is 0. The van der Waals surface area contributed by atoms with Gasteiger partial charge in [0, 0.05) is 44.9 Å². The van der Waals surface area contributed by atoms with E-state index in [0.717, 1.165) is 26.2 Å². The fraction of sp³-hybridized carbons (Fsp3) is 0.562. The average Bonchev–Trinajstić information content (AvgIpc) is 3.16. The predicted molar refractivity (Wildman–Crippen MR) is 89.1 cm³/mol. The van der Waals surface area contributed by atoms with E-state index in [4.69, 9.17) is 5.11 Å². The molecule has 2 saturated heterocycles. The molecule has 1 amide bonds. The summed E-state index contributed by atoms with van der Waals surface area (Å²) in [7, 11) is -3.60. The molecule has 2 fully saturated rings. The Morgan fingerprint density at radius 3 is 2.42 bits per heavy atom. The molecule has 0 bridgehead atoms. The van der Waals surface area contributed by atoms with Gasteiger partial charge in [-0.2, -0.15) is 0 Å². The van der Waals surface area contributed by atoms with Gasteiger partial charge in [-0.3, -0.25) is 4.79 Å². The molecule has 0 aromatic heterocycles. The van der Waals surface area contributed by atoms with Crippen molar-refractivity contribution < 1.29 is 18.3 Å². The Balaban J connectivity index is 1.65. The van der Waals surface area contributed by atoms with E-state index >= 15 is 0 Å². The molecule has 2 aliphatic rings. The number of amides is 1. The Labute approximate surface area is 142 Å². The van der Waals surface area contributed by atoms with Gasteiger partial charge in [0.1, 0.15) is 0 Å². The lowest BCUT2D eigenvalue weighted by Crippen LogP contribution is -2.32. The highest BCUT2D eigenvalue weighted by atomic mass is 32.2. The van der Waals surface area contributed by atoms with Gasteiger partial charge in [0.15, 0.2) is 0 Å². The van der Waals surface area contributed by atoms with Crippen LogP contribution in [0.15, 0.2) is 29.2 Å². The number of aliphatic hydroxyl groups excluding tert-OH is 1. The molecule has 2 aliphatic heterocycles. The highest BCUT2D eigenvalue weighted by Gasteiger charge is 2.38. The topological polar surface area (TPSA) is 98.7 Å². The van der Waals surface area contributed by atoms with Crippen LogP contribution in [0.25, 0.3) is 0 Å². The summed E-state index contributed by atoms with van der Waals surface area (Å²) in [5.41, 5.74) is 0.511. The lowest BCUT2D eigenvalue weighted by atomic mass is 10.0. The van der Waals surface area contributed by atoms with Gasteiger partial charge in [0.25, 0.3) is 5.91 Å². The summed E-state index contributed by atoms with van der Waals surface area (Å²) in [5.74, 6) is 1.02. The molecule has 0 spiro atoms. The van der Waals surface area contributed by atoms with Gasteiger partial charge in [-0.05, 0) is 42.5 Å². The van der Waals surface area contributed by atoms with Crippen LogP contribution in [0.2, 0.25) is 0 Å². The number of sulfonamides is 1. The lowest BCUT2D eigenvalue weighted by Gasteiger charge is -2.17. The normalized spacial score (nSPS) is 23.5. The number of carbonyl (C=O) groups excluding carboxylic acids is 1. The lowest BCUT2D eigenvalue weighted by molar-refractivity contribution is 0.0781. The van der Waals surface area contributed by atoms with Crippen molar-refractivity contribution in [2.45, 2.75) is 11.3 Å². The van der Waals surface area contributed by atoms with Gasteiger partial charge in [0.05, 0.1) is 4.90 Å². The molecule has 2 atom stereocenters. The molecule has 2 heterocycles. The number of fused-ring (bicyclic) bond motifs is 1. The van der Waals surface area contributed by atoms with E-state index in [9.17, 15) is 13.2 Å². The van der Waals surface area contributed by atoms with Crippen LogP contribution in [0.1, 0.15) is 16.8 Å². The Morgan fingerprint density at radius 2 is 1.83 bits per heavy atom. The summed E-state index contributed by atoms with van der Waals surface area (Å²) in [6.07, 6.45) is 0.363. The molecular formula is C16H23N3O4S. The van der Waals surface area contributed by atoms with Gasteiger partial charge in [-0.1, -0.05) is 0 Å². The molecule has 0 saturated carbocycles. The molecule has 1 aromatic rings. The maximum Gasteiger partial charge on any atom is 0.253 e. The second kappa shape index (κ2) is 7.18. The number of rotatable bonds is 6. The van der Waals surface area contributed by atoms with Crippen molar-refractivity contribution in [1.29, 1.82) is 0 Å². The molecule has 0 unspecified atom stereocenters. The average molecular weight is 353 g/mol. The second-order valence-electron chi connectivity index (χ2n) is 6.39. The van der Waals surface area contributed by atoms with Crippen LogP contribution in [0.5, 0.6) is 0 Å². The van der Waals surface area contributed by atoms with Crippen molar-refractivity contribution in [1.82, 2.24) is 14.9 Å². The fourth-order valence-corrected chi connectivity index (χ4v) is 4.42. The van der Waals surface area contributed by atoms with E-state index in [0.29, 0.717) is 23.8 Å². The van der Waals surface area contributed by atoms with Crippen LogP contribution < -0.4 is 10.0 Å². The van der Waals surface area contributed by atoms with Crippen molar-refractivity contribution in [2.75, 3.05) is 39.3 Å². The standard InChI is InChI=1S/C16H23N3O4S/c20-7-1-6-18-24(22,23)15-4-2-12(3-5-15)16(21)19-10-13-8-17-9-14(13)11-19/h2-5,13-14,17-18,20H,1,6-11H2/t13-,14+. The van der Waals surface area contributed by atoms with Crippen LogP contribution in [0.3, 0.4) is 0 Å². The van der Waals surface area contributed by atoms with Crippen molar-refractivity contribution in [3.05, 3.63) is 29.8 Å². The van der Waals surface area contributed by atoms with Gasteiger partial charge in [0.2, 0.25) is 10.0 Å². The Kier molecular flexibility index (Phi) is 5.19. The number of likely N-dealkylation sites (tertiary alicyclic amines) is 1. The maximum absolute atomic E-state index is 12.6. The third kappa shape index (κ3) is 3.61. The van der Waals surface area contributed by atoms with Gasteiger partial charge < -0.3 is 15.3 Å². The summed E-state index contributed by atoms with van der Waals surface area (Å²) in [6, 6.07) is 6.03.